The molecular formula is C23H28N2O3. The molecule has 0 heterocycles. The first-order chi connectivity index (χ1) is 13.2. The molecule has 0 saturated carbocycles. The molecule has 5 nitrogen and oxygen atoms in total. The minimum absolute atomic E-state index is 0.185. The molecule has 0 saturated heterocycles. The van der Waals surface area contributed by atoms with Gasteiger partial charge in [0.2, 0.25) is 0 Å². The topological polar surface area (TPSA) is 67.4 Å². The number of aryl methyl sites for hydroxylation is 1. The summed E-state index contributed by atoms with van der Waals surface area (Å²) in [5.74, 6) is 0.0760. The van der Waals surface area contributed by atoms with Gasteiger partial charge in [-0.3, -0.25) is 9.59 Å². The van der Waals surface area contributed by atoms with E-state index in [1.54, 1.807) is 18.2 Å². The lowest BCUT2D eigenvalue weighted by Gasteiger charge is -2.22. The lowest BCUT2D eigenvalue weighted by molar-refractivity contribution is -0.119. The van der Waals surface area contributed by atoms with E-state index in [-0.39, 0.29) is 17.5 Å². The molecule has 0 radical (unpaired) electrons. The van der Waals surface area contributed by atoms with E-state index < -0.39 is 5.54 Å². The maximum atomic E-state index is 12.7. The maximum Gasteiger partial charge on any atom is 0.268 e. The monoisotopic (exact) mass is 380 g/mol. The summed E-state index contributed by atoms with van der Waals surface area (Å²) in [6.45, 7) is 10.1. The number of amides is 2. The largest absolute Gasteiger partial charge is 0.494 e. The van der Waals surface area contributed by atoms with Crippen molar-refractivity contribution in [1.82, 2.24) is 10.6 Å². The van der Waals surface area contributed by atoms with E-state index in [2.05, 4.69) is 10.6 Å². The highest BCUT2D eigenvalue weighted by Gasteiger charge is 2.19. The van der Waals surface area contributed by atoms with E-state index >= 15 is 0 Å². The third-order valence-electron chi connectivity index (χ3n) is 3.80. The molecule has 2 rings (SSSR count). The Bertz CT molecular complexity index is 845. The molecule has 28 heavy (non-hydrogen) atoms. The van der Waals surface area contributed by atoms with E-state index in [1.165, 1.54) is 0 Å². The minimum Gasteiger partial charge on any atom is -0.494 e. The van der Waals surface area contributed by atoms with Crippen molar-refractivity contribution in [1.29, 1.82) is 0 Å². The lowest BCUT2D eigenvalue weighted by atomic mass is 10.1. The van der Waals surface area contributed by atoms with Gasteiger partial charge in [0, 0.05) is 11.1 Å². The van der Waals surface area contributed by atoms with Crippen LogP contribution in [0, 0.1) is 6.92 Å². The fraction of sp³-hybridized carbons (Fsp3) is 0.304. The SMILES string of the molecule is CCOc1ccc(C=C(NC(=O)c2ccc(C)cc2)C(=O)NC(C)(C)C)cc1. The molecule has 0 spiro atoms. The van der Waals surface area contributed by atoms with Crippen LogP contribution in [0.1, 0.15) is 49.2 Å². The molecule has 2 aromatic rings. The van der Waals surface area contributed by atoms with Gasteiger partial charge in [-0.1, -0.05) is 29.8 Å². The number of carbonyl (C=O) groups is 2. The van der Waals surface area contributed by atoms with Gasteiger partial charge in [0.05, 0.1) is 6.61 Å². The molecule has 0 atom stereocenters. The quantitative estimate of drug-likeness (QED) is 0.742. The van der Waals surface area contributed by atoms with Gasteiger partial charge in [-0.25, -0.2) is 0 Å². The lowest BCUT2D eigenvalue weighted by Crippen LogP contribution is -2.44. The summed E-state index contributed by atoms with van der Waals surface area (Å²) in [6.07, 6.45) is 1.66. The first kappa shape index (κ1) is 21.2. The van der Waals surface area contributed by atoms with Crippen LogP contribution < -0.4 is 15.4 Å². The second kappa shape index (κ2) is 9.22. The molecule has 0 aliphatic rings. The van der Waals surface area contributed by atoms with Crippen molar-refractivity contribution < 1.29 is 14.3 Å². The predicted octanol–water partition coefficient (Wildman–Crippen LogP) is 4.08. The first-order valence-corrected chi connectivity index (χ1v) is 9.33. The van der Waals surface area contributed by atoms with Crippen molar-refractivity contribution in [2.45, 2.75) is 40.2 Å². The van der Waals surface area contributed by atoms with Crippen molar-refractivity contribution >= 4 is 17.9 Å². The van der Waals surface area contributed by atoms with Gasteiger partial charge < -0.3 is 15.4 Å². The van der Waals surface area contributed by atoms with Crippen LogP contribution in [-0.2, 0) is 4.79 Å². The third kappa shape index (κ3) is 6.58. The van der Waals surface area contributed by atoms with Crippen LogP contribution in [0.5, 0.6) is 5.75 Å². The van der Waals surface area contributed by atoms with E-state index in [4.69, 9.17) is 4.74 Å². The van der Waals surface area contributed by atoms with E-state index in [0.717, 1.165) is 16.9 Å². The van der Waals surface area contributed by atoms with Crippen molar-refractivity contribution in [3.63, 3.8) is 0 Å². The Morgan fingerprint density at radius 3 is 2.14 bits per heavy atom. The summed E-state index contributed by atoms with van der Waals surface area (Å²) < 4.78 is 5.44. The summed E-state index contributed by atoms with van der Waals surface area (Å²) in [7, 11) is 0. The smallest absolute Gasteiger partial charge is 0.268 e. The molecule has 2 aromatic carbocycles. The summed E-state index contributed by atoms with van der Waals surface area (Å²) in [5.41, 5.74) is 2.10. The first-order valence-electron chi connectivity index (χ1n) is 9.33. The molecule has 0 unspecified atom stereocenters. The fourth-order valence-electron chi connectivity index (χ4n) is 2.46. The van der Waals surface area contributed by atoms with Crippen LogP contribution in [0.2, 0.25) is 0 Å². The zero-order chi connectivity index (χ0) is 20.7. The summed E-state index contributed by atoms with van der Waals surface area (Å²) in [6, 6.07) is 14.5. The minimum atomic E-state index is -0.427. The highest BCUT2D eigenvalue weighted by molar-refractivity contribution is 6.05. The molecular weight excluding hydrogens is 352 g/mol. The average Bonchev–Trinajstić information content (AvgIpc) is 2.62. The van der Waals surface area contributed by atoms with Gasteiger partial charge >= 0.3 is 0 Å². The molecule has 0 fully saturated rings. The number of nitrogens with one attached hydrogen (secondary N) is 2. The molecule has 0 aliphatic heterocycles. The molecule has 0 aliphatic carbocycles. The second-order valence-corrected chi connectivity index (χ2v) is 7.58. The second-order valence-electron chi connectivity index (χ2n) is 7.58. The van der Waals surface area contributed by atoms with Crippen LogP contribution >= 0.6 is 0 Å². The Hall–Kier alpha value is -3.08. The zero-order valence-electron chi connectivity index (χ0n) is 17.1. The van der Waals surface area contributed by atoms with Gasteiger partial charge in [0.25, 0.3) is 11.8 Å². The van der Waals surface area contributed by atoms with Gasteiger partial charge in [-0.15, -0.1) is 0 Å². The van der Waals surface area contributed by atoms with Crippen molar-refractivity contribution in [3.05, 3.63) is 70.9 Å². The molecule has 148 valence electrons. The van der Waals surface area contributed by atoms with Crippen LogP contribution in [0.3, 0.4) is 0 Å². The normalized spacial score (nSPS) is 11.7. The Morgan fingerprint density at radius 1 is 1.00 bits per heavy atom. The van der Waals surface area contributed by atoms with Crippen molar-refractivity contribution in [2.75, 3.05) is 6.61 Å². The van der Waals surface area contributed by atoms with Crippen LogP contribution in [0.4, 0.5) is 0 Å². The standard InChI is InChI=1S/C23H28N2O3/c1-6-28-19-13-9-17(10-14-19)15-20(22(27)25-23(3,4)5)24-21(26)18-11-7-16(2)8-12-18/h7-15H,6H2,1-5H3,(H,24,26)(H,25,27). The molecule has 0 bridgehead atoms. The number of hydrogen-bond acceptors (Lipinski definition) is 3. The van der Waals surface area contributed by atoms with E-state index in [9.17, 15) is 9.59 Å². The summed E-state index contributed by atoms with van der Waals surface area (Å²) >= 11 is 0. The molecule has 5 heteroatoms. The maximum absolute atomic E-state index is 12.7. The van der Waals surface area contributed by atoms with Gasteiger partial charge in [-0.2, -0.15) is 0 Å². The van der Waals surface area contributed by atoms with Crippen molar-refractivity contribution in [3.8, 4) is 5.75 Å². The summed E-state index contributed by atoms with van der Waals surface area (Å²) in [5, 5.41) is 5.63. The Morgan fingerprint density at radius 2 is 1.61 bits per heavy atom. The van der Waals surface area contributed by atoms with Gasteiger partial charge in [0.1, 0.15) is 11.4 Å². The highest BCUT2D eigenvalue weighted by atomic mass is 16.5. The number of carbonyl (C=O) groups excluding carboxylic acids is 2. The number of rotatable bonds is 6. The van der Waals surface area contributed by atoms with E-state index in [0.29, 0.717) is 12.2 Å². The van der Waals surface area contributed by atoms with Crippen LogP contribution in [0.15, 0.2) is 54.2 Å². The van der Waals surface area contributed by atoms with Gasteiger partial charge in [-0.05, 0) is 70.5 Å². The predicted molar refractivity (Wildman–Crippen MR) is 112 cm³/mol. The van der Waals surface area contributed by atoms with E-state index in [1.807, 2.05) is 71.0 Å². The molecule has 0 aromatic heterocycles. The fourth-order valence-corrected chi connectivity index (χ4v) is 2.46. The summed E-state index contributed by atoms with van der Waals surface area (Å²) in [4.78, 5) is 25.3. The van der Waals surface area contributed by atoms with Gasteiger partial charge in [0.15, 0.2) is 0 Å². The third-order valence-corrected chi connectivity index (χ3v) is 3.80. The number of benzene rings is 2. The zero-order valence-corrected chi connectivity index (χ0v) is 17.1. The Balaban J connectivity index is 2.29. The number of ether oxygens (including phenoxy) is 1. The Kier molecular flexibility index (Phi) is 6.99. The van der Waals surface area contributed by atoms with Crippen LogP contribution in [-0.4, -0.2) is 24.0 Å². The molecule has 2 amide bonds. The highest BCUT2D eigenvalue weighted by Crippen LogP contribution is 2.15. The van der Waals surface area contributed by atoms with Crippen molar-refractivity contribution in [2.24, 2.45) is 0 Å². The average molecular weight is 380 g/mol. The number of hydrogen-bond donors (Lipinski definition) is 2. The van der Waals surface area contributed by atoms with Crippen LogP contribution in [0.25, 0.3) is 6.08 Å². The Labute approximate surface area is 166 Å². The molecule has 2 N–H and O–H groups in total.